The number of nitrogens with one attached hydrogen (secondary N) is 1. The minimum atomic E-state index is 0.630. The van der Waals surface area contributed by atoms with Crippen molar-refractivity contribution < 1.29 is 0 Å². The fourth-order valence-electron chi connectivity index (χ4n) is 2.04. The molecule has 21 heavy (non-hydrogen) atoms. The molecule has 7 nitrogen and oxygen atoms in total. The Labute approximate surface area is 123 Å². The highest BCUT2D eigenvalue weighted by Crippen LogP contribution is 2.32. The van der Waals surface area contributed by atoms with Crippen molar-refractivity contribution in [2.45, 2.75) is 10.1 Å². The number of hydrogen-bond donors (Lipinski definition) is 2. The number of H-pyrrole nitrogens is 1. The van der Waals surface area contributed by atoms with Crippen LogP contribution in [0.5, 0.6) is 0 Å². The van der Waals surface area contributed by atoms with Crippen molar-refractivity contribution in [3.05, 3.63) is 37.2 Å². The van der Waals surface area contributed by atoms with Crippen LogP contribution in [0.4, 0.5) is 5.69 Å². The van der Waals surface area contributed by atoms with Gasteiger partial charge in [-0.25, -0.2) is 24.9 Å². The summed E-state index contributed by atoms with van der Waals surface area (Å²) in [6.45, 7) is 0. The van der Waals surface area contributed by atoms with Gasteiger partial charge in [-0.1, -0.05) is 0 Å². The van der Waals surface area contributed by atoms with Crippen molar-refractivity contribution in [2.75, 3.05) is 5.73 Å². The molecule has 3 N–H and O–H groups in total. The lowest BCUT2D eigenvalue weighted by Crippen LogP contribution is -1.91. The summed E-state index contributed by atoms with van der Waals surface area (Å²) in [4.78, 5) is 24.1. The fourth-order valence-corrected chi connectivity index (χ4v) is 2.95. The summed E-state index contributed by atoms with van der Waals surface area (Å²) in [7, 11) is 0. The number of hydrogen-bond acceptors (Lipinski definition) is 7. The first-order valence-electron chi connectivity index (χ1n) is 6.13. The number of aromatic nitrogens is 6. The topological polar surface area (TPSA) is 106 Å². The van der Waals surface area contributed by atoms with Gasteiger partial charge < -0.3 is 10.7 Å². The van der Waals surface area contributed by atoms with E-state index in [4.69, 9.17) is 5.73 Å². The molecule has 4 rings (SSSR count). The lowest BCUT2D eigenvalue weighted by Gasteiger charge is -2.05. The van der Waals surface area contributed by atoms with E-state index in [1.54, 1.807) is 6.33 Å². The SMILES string of the molecule is Nc1ccc2ncnc(Sc3ncnc4nc[nH]c34)c2c1. The molecule has 1 aromatic carbocycles. The Morgan fingerprint density at radius 2 is 1.81 bits per heavy atom. The van der Waals surface area contributed by atoms with Crippen molar-refractivity contribution in [3.63, 3.8) is 0 Å². The molecule has 102 valence electrons. The molecule has 8 heteroatoms. The van der Waals surface area contributed by atoms with Gasteiger partial charge >= 0.3 is 0 Å². The quantitative estimate of drug-likeness (QED) is 0.430. The van der Waals surface area contributed by atoms with E-state index < -0.39 is 0 Å². The minimum absolute atomic E-state index is 0.630. The number of benzene rings is 1. The maximum Gasteiger partial charge on any atom is 0.181 e. The molecule has 0 amide bonds. The Morgan fingerprint density at radius 1 is 0.952 bits per heavy atom. The Kier molecular flexibility index (Phi) is 2.68. The van der Waals surface area contributed by atoms with Crippen LogP contribution in [0.3, 0.4) is 0 Å². The molecular formula is C13H9N7S. The first-order chi connectivity index (χ1) is 10.3. The molecular weight excluding hydrogens is 286 g/mol. The van der Waals surface area contributed by atoms with Gasteiger partial charge in [0.25, 0.3) is 0 Å². The maximum absolute atomic E-state index is 5.85. The number of nitrogens with two attached hydrogens (primary N) is 1. The Balaban J connectivity index is 1.88. The molecule has 0 unspecified atom stereocenters. The zero-order valence-electron chi connectivity index (χ0n) is 10.7. The summed E-state index contributed by atoms with van der Waals surface area (Å²) in [6.07, 6.45) is 4.62. The van der Waals surface area contributed by atoms with Crippen molar-refractivity contribution in [2.24, 2.45) is 0 Å². The largest absolute Gasteiger partial charge is 0.399 e. The highest BCUT2D eigenvalue weighted by Gasteiger charge is 2.11. The van der Waals surface area contributed by atoms with Crippen LogP contribution in [0.15, 0.2) is 47.2 Å². The third-order valence-electron chi connectivity index (χ3n) is 3.00. The fraction of sp³-hybridized carbons (Fsp3) is 0. The minimum Gasteiger partial charge on any atom is -0.399 e. The molecule has 0 spiro atoms. The molecule has 0 aliphatic carbocycles. The van der Waals surface area contributed by atoms with Crippen LogP contribution in [-0.4, -0.2) is 29.9 Å². The monoisotopic (exact) mass is 295 g/mol. The van der Waals surface area contributed by atoms with Crippen LogP contribution >= 0.6 is 11.8 Å². The Bertz CT molecular complexity index is 949. The first-order valence-corrected chi connectivity index (χ1v) is 6.95. The number of aromatic amines is 1. The molecule has 0 atom stereocenters. The summed E-state index contributed by atoms with van der Waals surface area (Å²) in [5.41, 5.74) is 8.79. The van der Waals surface area contributed by atoms with E-state index in [0.717, 1.165) is 26.5 Å². The number of anilines is 1. The first kappa shape index (κ1) is 12.0. The van der Waals surface area contributed by atoms with Crippen molar-refractivity contribution in [1.82, 2.24) is 29.9 Å². The van der Waals surface area contributed by atoms with Crippen molar-refractivity contribution >= 4 is 39.5 Å². The number of nitrogen functional groups attached to an aromatic ring is 1. The van der Waals surface area contributed by atoms with E-state index >= 15 is 0 Å². The van der Waals surface area contributed by atoms with Gasteiger partial charge in [-0.05, 0) is 30.0 Å². The standard InChI is InChI=1S/C13H9N7S/c14-7-1-2-9-8(3-7)12(19-4-15-9)21-13-10-11(17-5-16-10)18-6-20-13/h1-6H,14H2,(H,16,17,18,20). The van der Waals surface area contributed by atoms with Crippen molar-refractivity contribution in [3.8, 4) is 0 Å². The zero-order valence-corrected chi connectivity index (χ0v) is 11.5. The lowest BCUT2D eigenvalue weighted by atomic mass is 10.2. The smallest absolute Gasteiger partial charge is 0.181 e. The summed E-state index contributed by atoms with van der Waals surface area (Å²) in [5.74, 6) is 0. The van der Waals surface area contributed by atoms with E-state index in [1.807, 2.05) is 18.2 Å². The lowest BCUT2D eigenvalue weighted by molar-refractivity contribution is 1.06. The summed E-state index contributed by atoms with van der Waals surface area (Å²) >= 11 is 1.43. The highest BCUT2D eigenvalue weighted by molar-refractivity contribution is 7.99. The molecule has 0 bridgehead atoms. The molecule has 4 aromatic rings. The van der Waals surface area contributed by atoms with Gasteiger partial charge in [-0.2, -0.15) is 0 Å². The van der Waals surface area contributed by atoms with Crippen LogP contribution in [0.25, 0.3) is 22.1 Å². The second-order valence-electron chi connectivity index (χ2n) is 4.34. The van der Waals surface area contributed by atoms with Gasteiger partial charge in [0, 0.05) is 11.1 Å². The third kappa shape index (κ3) is 2.05. The molecule has 0 aliphatic rings. The third-order valence-corrected chi connectivity index (χ3v) is 4.03. The highest BCUT2D eigenvalue weighted by atomic mass is 32.2. The van der Waals surface area contributed by atoms with Gasteiger partial charge in [-0.3, -0.25) is 0 Å². The molecule has 0 fully saturated rings. The van der Waals surface area contributed by atoms with Gasteiger partial charge in [-0.15, -0.1) is 0 Å². The van der Waals surface area contributed by atoms with E-state index in [2.05, 4.69) is 29.9 Å². The average molecular weight is 295 g/mol. The predicted octanol–water partition coefficient (Wildman–Crippen LogP) is 2.03. The second kappa shape index (κ2) is 4.67. The molecule has 0 saturated carbocycles. The number of rotatable bonds is 2. The van der Waals surface area contributed by atoms with E-state index in [-0.39, 0.29) is 0 Å². The van der Waals surface area contributed by atoms with Crippen LogP contribution in [0.2, 0.25) is 0 Å². The van der Waals surface area contributed by atoms with Gasteiger partial charge in [0.05, 0.1) is 11.8 Å². The van der Waals surface area contributed by atoms with Gasteiger partial charge in [0.2, 0.25) is 0 Å². The van der Waals surface area contributed by atoms with Gasteiger partial charge in [0.15, 0.2) is 5.65 Å². The van der Waals surface area contributed by atoms with Crippen molar-refractivity contribution in [1.29, 1.82) is 0 Å². The number of nitrogens with zero attached hydrogens (tertiary/aromatic N) is 5. The molecule has 3 heterocycles. The predicted molar refractivity (Wildman–Crippen MR) is 79.8 cm³/mol. The van der Waals surface area contributed by atoms with E-state index in [9.17, 15) is 0 Å². The van der Waals surface area contributed by atoms with Crippen LogP contribution in [0, 0.1) is 0 Å². The van der Waals surface area contributed by atoms with Crippen LogP contribution in [0.1, 0.15) is 0 Å². The summed E-state index contributed by atoms with van der Waals surface area (Å²) in [5, 5.41) is 2.45. The second-order valence-corrected chi connectivity index (χ2v) is 5.31. The van der Waals surface area contributed by atoms with Crippen LogP contribution < -0.4 is 5.73 Å². The number of imidazole rings is 1. The summed E-state index contributed by atoms with van der Waals surface area (Å²) in [6, 6.07) is 5.56. The molecule has 0 saturated heterocycles. The molecule has 0 aliphatic heterocycles. The number of fused-ring (bicyclic) bond motifs is 2. The Morgan fingerprint density at radius 3 is 2.76 bits per heavy atom. The average Bonchev–Trinajstić information content (AvgIpc) is 2.97. The molecule has 3 aromatic heterocycles. The summed E-state index contributed by atoms with van der Waals surface area (Å²) < 4.78 is 0. The molecule has 0 radical (unpaired) electrons. The normalized spacial score (nSPS) is 11.2. The maximum atomic E-state index is 5.85. The van der Waals surface area contributed by atoms with Crippen LogP contribution in [-0.2, 0) is 0 Å². The van der Waals surface area contributed by atoms with E-state index in [1.165, 1.54) is 24.4 Å². The van der Waals surface area contributed by atoms with Gasteiger partial charge in [0.1, 0.15) is 28.2 Å². The Hall–Kier alpha value is -2.74. The zero-order chi connectivity index (χ0) is 14.2. The van der Waals surface area contributed by atoms with E-state index in [0.29, 0.717) is 11.3 Å².